The second kappa shape index (κ2) is 8.25. The van der Waals surface area contributed by atoms with Gasteiger partial charge in [0.05, 0.1) is 15.2 Å². The lowest BCUT2D eigenvalue weighted by molar-refractivity contribution is -0.145. The van der Waals surface area contributed by atoms with Gasteiger partial charge >= 0.3 is 5.97 Å². The van der Waals surface area contributed by atoms with Crippen LogP contribution < -0.4 is 10.0 Å². The van der Waals surface area contributed by atoms with Crippen LogP contribution in [0.15, 0.2) is 36.4 Å². The molecule has 0 atom stereocenters. The number of aromatic nitrogens is 1. The Morgan fingerprint density at radius 3 is 2.00 bits per heavy atom. The van der Waals surface area contributed by atoms with Gasteiger partial charge in [0.2, 0.25) is 11.8 Å². The second-order valence-electron chi connectivity index (χ2n) is 7.06. The van der Waals surface area contributed by atoms with Crippen LogP contribution in [0.3, 0.4) is 0 Å². The zero-order valence-corrected chi connectivity index (χ0v) is 16.4. The highest BCUT2D eigenvalue weighted by atomic mass is 28.3. The predicted octanol–water partition coefficient (Wildman–Crippen LogP) is 2.74. The minimum atomic E-state index is -1.00. The molecule has 0 aliphatic rings. The highest BCUT2D eigenvalue weighted by Crippen LogP contribution is 2.21. The van der Waals surface area contributed by atoms with Gasteiger partial charge in [0.15, 0.2) is 0 Å². The van der Waals surface area contributed by atoms with Crippen LogP contribution in [0.2, 0.25) is 11.1 Å². The number of nitrogens with zero attached hydrogens (tertiary/aromatic N) is 1. The van der Waals surface area contributed by atoms with E-state index in [4.69, 9.17) is 4.84 Å². The maximum atomic E-state index is 11.9. The van der Waals surface area contributed by atoms with Crippen molar-refractivity contribution >= 4 is 20.0 Å². The molecule has 136 valence electrons. The summed E-state index contributed by atoms with van der Waals surface area (Å²) in [6.07, 6.45) is 0.725. The van der Waals surface area contributed by atoms with Crippen molar-refractivity contribution in [1.82, 2.24) is 4.73 Å². The number of carbonyl (C=O) groups excluding carboxylic acids is 1. The zero-order chi connectivity index (χ0) is 18.6. The van der Waals surface area contributed by atoms with Gasteiger partial charge in [0.1, 0.15) is 0 Å². The molecule has 5 nitrogen and oxygen atoms in total. The Balaban J connectivity index is 1.94. The van der Waals surface area contributed by atoms with Crippen molar-refractivity contribution in [3.63, 3.8) is 0 Å². The van der Waals surface area contributed by atoms with Crippen molar-refractivity contribution < 1.29 is 19.8 Å². The van der Waals surface area contributed by atoms with Gasteiger partial charge in [0.25, 0.3) is 0 Å². The fourth-order valence-corrected chi connectivity index (χ4v) is 7.05. The third kappa shape index (κ3) is 4.89. The first-order valence-corrected chi connectivity index (χ1v) is 10.6. The summed E-state index contributed by atoms with van der Waals surface area (Å²) < 4.78 is 0.715. The van der Waals surface area contributed by atoms with E-state index in [-0.39, 0.29) is 18.2 Å². The van der Waals surface area contributed by atoms with E-state index in [1.54, 1.807) is 0 Å². The second-order valence-corrected chi connectivity index (χ2v) is 11.4. The first-order chi connectivity index (χ1) is 11.8. The molecular weight excluding hydrogens is 334 g/mol. The average molecular weight is 362 g/mol. The molecule has 6 heteroatoms. The minimum Gasteiger partial charge on any atom is -0.492 e. The molecular formula is C19H27NO4Si. The number of carbonyl (C=O) groups is 1. The van der Waals surface area contributed by atoms with E-state index in [0.717, 1.165) is 5.56 Å². The van der Waals surface area contributed by atoms with E-state index in [0.29, 0.717) is 22.2 Å². The number of aryl methyl sites for hydroxylation is 1. The molecule has 0 unspecified atom stereocenters. The number of hydrogen-bond acceptors (Lipinski definition) is 4. The molecule has 2 N–H and O–H groups in total. The molecule has 0 radical (unpaired) electrons. The summed E-state index contributed by atoms with van der Waals surface area (Å²) in [5.41, 5.74) is 2.49. The lowest BCUT2D eigenvalue weighted by Gasteiger charge is -2.23. The maximum Gasteiger partial charge on any atom is 0.333 e. The van der Waals surface area contributed by atoms with Crippen molar-refractivity contribution in [2.45, 2.75) is 51.6 Å². The molecule has 1 heterocycles. The molecule has 25 heavy (non-hydrogen) atoms. The van der Waals surface area contributed by atoms with Gasteiger partial charge in [-0.3, -0.25) is 0 Å². The van der Waals surface area contributed by atoms with Crippen LogP contribution in [0.5, 0.6) is 11.8 Å². The van der Waals surface area contributed by atoms with Crippen LogP contribution >= 0.6 is 0 Å². The monoisotopic (exact) mass is 361 g/mol. The number of benzene rings is 1. The lowest BCUT2D eigenvalue weighted by Crippen LogP contribution is -2.35. The molecule has 0 aliphatic carbocycles. The van der Waals surface area contributed by atoms with E-state index >= 15 is 0 Å². The molecule has 0 amide bonds. The lowest BCUT2D eigenvalue weighted by atomic mass is 10.1. The van der Waals surface area contributed by atoms with Crippen molar-refractivity contribution in [2.24, 2.45) is 0 Å². The van der Waals surface area contributed by atoms with E-state index in [2.05, 4.69) is 52.0 Å². The van der Waals surface area contributed by atoms with Crippen molar-refractivity contribution in [1.29, 1.82) is 0 Å². The SMILES string of the molecule is CC(C)[SiH](c1ccc(CCC(=O)On2c(O)ccc2O)cc1)C(C)C. The normalized spacial score (nSPS) is 11.5. The Labute approximate surface area is 150 Å². The highest BCUT2D eigenvalue weighted by molar-refractivity contribution is 6.75. The summed E-state index contributed by atoms with van der Waals surface area (Å²) in [6, 6.07) is 11.1. The Morgan fingerprint density at radius 1 is 1.00 bits per heavy atom. The summed E-state index contributed by atoms with van der Waals surface area (Å²) >= 11 is 0. The van der Waals surface area contributed by atoms with Crippen LogP contribution in [0, 0.1) is 0 Å². The summed E-state index contributed by atoms with van der Waals surface area (Å²) in [5.74, 6) is -1.13. The van der Waals surface area contributed by atoms with Gasteiger partial charge < -0.3 is 15.1 Å². The molecule has 0 bridgehead atoms. The molecule has 0 aliphatic heterocycles. The Hall–Kier alpha value is -2.21. The van der Waals surface area contributed by atoms with Gasteiger partial charge in [-0.15, -0.1) is 4.73 Å². The van der Waals surface area contributed by atoms with Crippen molar-refractivity contribution in [3.8, 4) is 11.8 Å². The molecule has 1 aromatic heterocycles. The molecule has 0 spiro atoms. The average Bonchev–Trinajstić information content (AvgIpc) is 2.85. The Bertz CT molecular complexity index is 679. The summed E-state index contributed by atoms with van der Waals surface area (Å²) in [5, 5.41) is 20.4. The number of rotatable bonds is 7. The minimum absolute atomic E-state index is 0.172. The smallest absolute Gasteiger partial charge is 0.333 e. The Morgan fingerprint density at radius 2 is 1.52 bits per heavy atom. The van der Waals surface area contributed by atoms with Gasteiger partial charge in [-0.2, -0.15) is 0 Å². The quantitative estimate of drug-likeness (QED) is 0.744. The van der Waals surface area contributed by atoms with Crippen molar-refractivity contribution in [2.75, 3.05) is 0 Å². The van der Waals surface area contributed by atoms with Gasteiger partial charge in [-0.05, 0) is 23.1 Å². The fourth-order valence-electron chi connectivity index (χ4n) is 3.34. The highest BCUT2D eigenvalue weighted by Gasteiger charge is 2.21. The number of hydrogen-bond donors (Lipinski definition) is 2. The van der Waals surface area contributed by atoms with E-state index < -0.39 is 14.8 Å². The topological polar surface area (TPSA) is 71.7 Å². The molecule has 0 fully saturated rings. The maximum absolute atomic E-state index is 11.9. The Kier molecular flexibility index (Phi) is 6.31. The van der Waals surface area contributed by atoms with Gasteiger partial charge in [0, 0.05) is 12.1 Å². The zero-order valence-electron chi connectivity index (χ0n) is 15.3. The predicted molar refractivity (Wildman–Crippen MR) is 101 cm³/mol. The van der Waals surface area contributed by atoms with E-state index in [1.165, 1.54) is 17.3 Å². The third-order valence-electron chi connectivity index (χ3n) is 4.41. The molecule has 0 saturated carbocycles. The third-order valence-corrected chi connectivity index (χ3v) is 8.44. The van der Waals surface area contributed by atoms with Crippen LogP contribution in [-0.2, 0) is 11.2 Å². The van der Waals surface area contributed by atoms with Gasteiger partial charge in [-0.1, -0.05) is 57.1 Å². The van der Waals surface area contributed by atoms with E-state index in [9.17, 15) is 15.0 Å². The number of aromatic hydroxyl groups is 2. The van der Waals surface area contributed by atoms with Crippen LogP contribution in [-0.4, -0.2) is 29.7 Å². The molecule has 2 rings (SSSR count). The van der Waals surface area contributed by atoms with Crippen molar-refractivity contribution in [3.05, 3.63) is 42.0 Å². The summed E-state index contributed by atoms with van der Waals surface area (Å²) in [4.78, 5) is 16.8. The van der Waals surface area contributed by atoms with Crippen LogP contribution in [0.1, 0.15) is 39.7 Å². The molecule has 1 aromatic carbocycles. The summed E-state index contributed by atoms with van der Waals surface area (Å²) in [7, 11) is -1.00. The van der Waals surface area contributed by atoms with Gasteiger partial charge in [-0.25, -0.2) is 4.79 Å². The fraction of sp³-hybridized carbons (Fsp3) is 0.421. The largest absolute Gasteiger partial charge is 0.492 e. The first kappa shape index (κ1) is 19.1. The van der Waals surface area contributed by atoms with E-state index in [1.807, 2.05) is 0 Å². The summed E-state index contributed by atoms with van der Waals surface area (Å²) in [6.45, 7) is 9.19. The van der Waals surface area contributed by atoms with Crippen LogP contribution in [0.4, 0.5) is 0 Å². The molecule has 2 aromatic rings. The molecule has 0 saturated heterocycles. The van der Waals surface area contributed by atoms with Crippen LogP contribution in [0.25, 0.3) is 0 Å². The standard InChI is InChI=1S/C19H27NO4Si/c1-13(2)25(14(3)4)16-8-5-15(6-9-16)7-12-19(23)24-20-17(21)10-11-18(20)22/h5-6,8-11,13-14,21-22,25H,7,12H2,1-4H3. The first-order valence-electron chi connectivity index (χ1n) is 8.69.